The Morgan fingerprint density at radius 3 is 2.61 bits per heavy atom. The van der Waals surface area contributed by atoms with Crippen molar-refractivity contribution in [2.45, 2.75) is 36.5 Å². The second kappa shape index (κ2) is 8.92. The number of aromatic nitrogens is 2. The molecule has 2 aromatic carbocycles. The molecule has 1 aliphatic heterocycles. The fourth-order valence-corrected chi connectivity index (χ4v) is 5.19. The number of alkyl halides is 2. The zero-order valence-electron chi connectivity index (χ0n) is 16.3. The Morgan fingerprint density at radius 1 is 1.13 bits per heavy atom. The minimum absolute atomic E-state index is 0.0605. The molecular weight excluding hydrogens is 511 g/mol. The minimum atomic E-state index is -3.47. The number of fused-ring (bicyclic) bond motifs is 1. The first-order valence-electron chi connectivity index (χ1n) is 9.46. The third-order valence-corrected chi connectivity index (χ3v) is 6.75. The fraction of sp³-hybridized carbons (Fsp3) is 0.227. The van der Waals surface area contributed by atoms with Crippen molar-refractivity contribution in [1.82, 2.24) is 9.97 Å². The quantitative estimate of drug-likeness (QED) is 0.326. The Balaban J connectivity index is 1.70. The highest BCUT2D eigenvalue weighted by Crippen LogP contribution is 2.40. The van der Waals surface area contributed by atoms with E-state index in [1.807, 2.05) is 12.1 Å². The number of hydrogen-bond acceptors (Lipinski definition) is 4. The van der Waals surface area contributed by atoms with Gasteiger partial charge in [0.2, 0.25) is 5.28 Å². The van der Waals surface area contributed by atoms with Crippen LogP contribution in [0.15, 0.2) is 62.9 Å². The van der Waals surface area contributed by atoms with Crippen LogP contribution < -0.4 is 0 Å². The molecule has 1 atom stereocenters. The lowest BCUT2D eigenvalue weighted by atomic mass is 9.97. The molecule has 0 radical (unpaired) electrons. The van der Waals surface area contributed by atoms with Crippen LogP contribution in [0.1, 0.15) is 42.5 Å². The van der Waals surface area contributed by atoms with Gasteiger partial charge in [-0.05, 0) is 72.3 Å². The Labute approximate surface area is 195 Å². The lowest BCUT2D eigenvalue weighted by Crippen LogP contribution is -2.17. The summed E-state index contributed by atoms with van der Waals surface area (Å²) in [6.07, 6.45) is 1.56. The monoisotopic (exact) mass is 525 g/mol. The molecule has 1 unspecified atom stereocenters. The van der Waals surface area contributed by atoms with Crippen molar-refractivity contribution in [3.63, 3.8) is 0 Å². The van der Waals surface area contributed by atoms with Crippen LogP contribution in [-0.4, -0.2) is 15.0 Å². The molecule has 1 aliphatic rings. The molecule has 4 rings (SSSR count). The van der Waals surface area contributed by atoms with Gasteiger partial charge in [0, 0.05) is 21.0 Å². The van der Waals surface area contributed by atoms with E-state index in [0.717, 1.165) is 51.2 Å². The Kier molecular flexibility index (Phi) is 6.42. The lowest BCUT2D eigenvalue weighted by molar-refractivity contribution is 0.0378. The molecule has 0 amide bonds. The first kappa shape index (κ1) is 22.3. The van der Waals surface area contributed by atoms with Crippen LogP contribution >= 0.6 is 39.3 Å². The number of aliphatic imine (C=N–C) groups is 1. The van der Waals surface area contributed by atoms with Crippen LogP contribution in [0.5, 0.6) is 0 Å². The molecule has 0 aliphatic carbocycles. The Bertz CT molecular complexity index is 1160. The fourth-order valence-electron chi connectivity index (χ4n) is 3.31. The number of rotatable bonds is 3. The molecule has 0 saturated carbocycles. The number of thioether (sulfide) groups is 1. The van der Waals surface area contributed by atoms with E-state index >= 15 is 0 Å². The van der Waals surface area contributed by atoms with E-state index in [-0.39, 0.29) is 11.1 Å². The highest BCUT2D eigenvalue weighted by molar-refractivity contribution is 9.10. The zero-order valence-corrected chi connectivity index (χ0v) is 19.4. The summed E-state index contributed by atoms with van der Waals surface area (Å²) in [5.74, 6) is -3.67. The van der Waals surface area contributed by atoms with Gasteiger partial charge < -0.3 is 0 Å². The first-order valence-corrected chi connectivity index (χ1v) is 11.4. The number of halogens is 5. The minimum Gasteiger partial charge on any atom is -0.226 e. The average molecular weight is 527 g/mol. The van der Waals surface area contributed by atoms with E-state index in [1.165, 1.54) is 17.3 Å². The molecule has 3 nitrogen and oxygen atoms in total. The molecule has 0 bridgehead atoms. The number of nitrogens with zero attached hydrogens (tertiary/aromatic N) is 3. The average Bonchev–Trinajstić information content (AvgIpc) is 2.86. The van der Waals surface area contributed by atoms with Crippen molar-refractivity contribution < 1.29 is 13.2 Å². The van der Waals surface area contributed by atoms with Crippen molar-refractivity contribution in [2.75, 3.05) is 0 Å². The molecule has 1 aromatic heterocycles. The molecule has 2 heterocycles. The molecule has 160 valence electrons. The summed E-state index contributed by atoms with van der Waals surface area (Å²) in [7, 11) is 0. The lowest BCUT2D eigenvalue weighted by Gasteiger charge is -2.16. The van der Waals surface area contributed by atoms with E-state index in [4.69, 9.17) is 11.6 Å². The summed E-state index contributed by atoms with van der Waals surface area (Å²) < 4.78 is 44.1. The third-order valence-electron chi connectivity index (χ3n) is 4.98. The van der Waals surface area contributed by atoms with Gasteiger partial charge in [0.05, 0.1) is 5.04 Å². The van der Waals surface area contributed by atoms with Gasteiger partial charge in [0.25, 0.3) is 0 Å². The summed E-state index contributed by atoms with van der Waals surface area (Å²) in [4.78, 5) is 13.3. The van der Waals surface area contributed by atoms with Gasteiger partial charge in [-0.1, -0.05) is 40.7 Å². The topological polar surface area (TPSA) is 38.1 Å². The van der Waals surface area contributed by atoms with Gasteiger partial charge in [-0.15, -0.1) is 0 Å². The maximum Gasteiger partial charge on any atom is 0.315 e. The molecule has 0 fully saturated rings. The number of hydrogen-bond donors (Lipinski definition) is 0. The second-order valence-electron chi connectivity index (χ2n) is 7.19. The van der Waals surface area contributed by atoms with E-state index in [2.05, 4.69) is 43.9 Å². The highest BCUT2D eigenvalue weighted by atomic mass is 79.9. The smallest absolute Gasteiger partial charge is 0.226 e. The van der Waals surface area contributed by atoms with Crippen molar-refractivity contribution in [3.8, 4) is 0 Å². The van der Waals surface area contributed by atoms with Crippen molar-refractivity contribution in [3.05, 3.63) is 80.9 Å². The summed E-state index contributed by atoms with van der Waals surface area (Å²) in [5, 5.41) is 0.434. The maximum absolute atomic E-state index is 15.0. The largest absolute Gasteiger partial charge is 0.315 e. The normalized spacial score (nSPS) is 18.0. The zero-order chi connectivity index (χ0) is 22.2. The molecule has 0 saturated heterocycles. The summed E-state index contributed by atoms with van der Waals surface area (Å²) in [6, 6.07) is 11.2. The van der Waals surface area contributed by atoms with E-state index in [9.17, 15) is 13.2 Å². The van der Waals surface area contributed by atoms with Gasteiger partial charge in [-0.2, -0.15) is 13.8 Å². The van der Waals surface area contributed by atoms with Crippen molar-refractivity contribution >= 4 is 50.2 Å². The maximum atomic E-state index is 15.0. The van der Waals surface area contributed by atoms with Gasteiger partial charge in [-0.3, -0.25) is 0 Å². The van der Waals surface area contributed by atoms with Crippen LogP contribution in [0.25, 0.3) is 0 Å². The predicted molar refractivity (Wildman–Crippen MR) is 121 cm³/mol. The van der Waals surface area contributed by atoms with Gasteiger partial charge in [0.1, 0.15) is 11.5 Å². The Hall–Kier alpha value is -1.90. The predicted octanol–water partition coefficient (Wildman–Crippen LogP) is 7.89. The van der Waals surface area contributed by atoms with E-state index < -0.39 is 23.0 Å². The standard InChI is InChI=1S/C22H16BrClF3N3S/c1-12-2-9-20(31-17-10-14(23)5-8-16(12)17)29-19-11-18(28-21(24)30-19)22(26,27)13-3-6-15(25)7-4-13/h3-8,10-12H,2,9H2,1H3. The van der Waals surface area contributed by atoms with Crippen LogP contribution in [-0.2, 0) is 5.92 Å². The highest BCUT2D eigenvalue weighted by Gasteiger charge is 2.36. The van der Waals surface area contributed by atoms with Gasteiger partial charge >= 0.3 is 5.92 Å². The summed E-state index contributed by atoms with van der Waals surface area (Å²) in [5.41, 5.74) is 0.245. The van der Waals surface area contributed by atoms with Crippen LogP contribution in [0, 0.1) is 5.82 Å². The van der Waals surface area contributed by atoms with Crippen LogP contribution in [0.3, 0.4) is 0 Å². The van der Waals surface area contributed by atoms with Crippen LogP contribution in [0.2, 0.25) is 5.28 Å². The van der Waals surface area contributed by atoms with Crippen molar-refractivity contribution in [2.24, 2.45) is 4.99 Å². The van der Waals surface area contributed by atoms with E-state index in [0.29, 0.717) is 12.3 Å². The molecule has 0 spiro atoms. The third kappa shape index (κ3) is 4.96. The first-order chi connectivity index (χ1) is 14.7. The molecular formula is C22H16BrClF3N3S. The molecule has 9 heteroatoms. The molecule has 31 heavy (non-hydrogen) atoms. The summed E-state index contributed by atoms with van der Waals surface area (Å²) >= 11 is 10.9. The number of benzene rings is 2. The molecule has 3 aromatic rings. The molecule has 0 N–H and O–H groups in total. The summed E-state index contributed by atoms with van der Waals surface area (Å²) in [6.45, 7) is 2.15. The van der Waals surface area contributed by atoms with E-state index in [1.54, 1.807) is 0 Å². The van der Waals surface area contributed by atoms with Crippen LogP contribution in [0.4, 0.5) is 19.0 Å². The second-order valence-corrected chi connectivity index (χ2v) is 9.56. The SMILES string of the molecule is CC1CCC(=Nc2cc(C(F)(F)c3ccc(F)cc3)nc(Cl)n2)Sc2cc(Br)ccc21. The van der Waals surface area contributed by atoms with Gasteiger partial charge in [-0.25, -0.2) is 14.4 Å². The van der Waals surface area contributed by atoms with Crippen molar-refractivity contribution in [1.29, 1.82) is 0 Å². The van der Waals surface area contributed by atoms with Gasteiger partial charge in [0.15, 0.2) is 5.82 Å². The Morgan fingerprint density at radius 2 is 1.87 bits per heavy atom.